The molecule has 1 N–H and O–H groups in total. The zero-order valence-corrected chi connectivity index (χ0v) is 19.5. The summed E-state index contributed by atoms with van der Waals surface area (Å²) in [5.74, 6) is -5.67. The van der Waals surface area contributed by atoms with Gasteiger partial charge in [-0.25, -0.2) is 9.59 Å². The molecule has 0 atom stereocenters. The Hall–Kier alpha value is -4.38. The van der Waals surface area contributed by atoms with Gasteiger partial charge in [0.25, 0.3) is 11.8 Å². The Kier molecular flexibility index (Phi) is 5.56. The molecular weight excluding hydrogens is 483 g/mol. The van der Waals surface area contributed by atoms with Crippen molar-refractivity contribution in [1.82, 2.24) is 20.0 Å². The van der Waals surface area contributed by atoms with E-state index in [1.165, 1.54) is 0 Å². The molecule has 0 unspecified atom stereocenters. The molecule has 1 saturated heterocycles. The third-order valence-electron chi connectivity index (χ3n) is 7.02. The number of aromatic nitrogens is 2. The number of carbonyl (C=O) groups is 4. The lowest BCUT2D eigenvalue weighted by Crippen LogP contribution is -2.41. The molecule has 0 radical (unpaired) electrons. The van der Waals surface area contributed by atoms with E-state index in [1.54, 1.807) is 0 Å². The Morgan fingerprint density at radius 3 is 2.49 bits per heavy atom. The molecule has 6 rings (SSSR count). The van der Waals surface area contributed by atoms with Crippen LogP contribution in [-0.4, -0.2) is 69.9 Å². The fraction of sp³-hybridized carbons (Fsp3) is 0.269. The van der Waals surface area contributed by atoms with Crippen molar-refractivity contribution < 1.29 is 33.0 Å². The summed E-state index contributed by atoms with van der Waals surface area (Å²) >= 11 is 0. The molecule has 37 heavy (non-hydrogen) atoms. The number of esters is 2. The molecule has 3 aliphatic rings. The van der Waals surface area contributed by atoms with Crippen molar-refractivity contribution in [2.75, 3.05) is 26.2 Å². The van der Waals surface area contributed by atoms with E-state index < -0.39 is 41.1 Å². The zero-order chi connectivity index (χ0) is 25.7. The molecule has 3 aliphatic heterocycles. The molecule has 2 aromatic carbocycles. The number of nitrogens with one attached hydrogen (secondary N) is 1. The minimum Gasteiger partial charge on any atom is -0.420 e. The molecule has 1 aromatic heterocycles. The number of H-pyrrole nitrogens is 1. The van der Waals surface area contributed by atoms with E-state index in [4.69, 9.17) is 9.47 Å². The molecule has 3 aromatic rings. The van der Waals surface area contributed by atoms with E-state index in [2.05, 4.69) is 21.2 Å². The van der Waals surface area contributed by atoms with E-state index in [-0.39, 0.29) is 17.7 Å². The predicted molar refractivity (Wildman–Crippen MR) is 127 cm³/mol. The second-order valence-corrected chi connectivity index (χ2v) is 9.15. The van der Waals surface area contributed by atoms with Crippen molar-refractivity contribution in [3.05, 3.63) is 65.1 Å². The number of piperidine rings is 1. The van der Waals surface area contributed by atoms with Crippen LogP contribution in [0.1, 0.15) is 45.2 Å². The SMILES string of the molecule is O=C1/C=C\C(=O)Oc2c(F)c(cc3c2C(=O)N(CCN2CCC(c4[nH]nc5ccccc45)CC2)C3=O)O1. The zero-order valence-electron chi connectivity index (χ0n) is 19.5. The van der Waals surface area contributed by atoms with Crippen molar-refractivity contribution in [3.63, 3.8) is 0 Å². The highest BCUT2D eigenvalue weighted by Crippen LogP contribution is 2.39. The Morgan fingerprint density at radius 2 is 1.70 bits per heavy atom. The maximum Gasteiger partial charge on any atom is 0.336 e. The first-order valence-corrected chi connectivity index (χ1v) is 11.9. The average Bonchev–Trinajstić information content (AvgIpc) is 3.43. The number of carbonyl (C=O) groups excluding carboxylic acids is 4. The van der Waals surface area contributed by atoms with Gasteiger partial charge in [-0.15, -0.1) is 0 Å². The van der Waals surface area contributed by atoms with Gasteiger partial charge in [-0.1, -0.05) is 18.2 Å². The third-order valence-corrected chi connectivity index (χ3v) is 7.02. The number of amides is 2. The van der Waals surface area contributed by atoms with Gasteiger partial charge in [0.2, 0.25) is 5.82 Å². The fourth-order valence-electron chi connectivity index (χ4n) is 5.13. The van der Waals surface area contributed by atoms with E-state index in [9.17, 15) is 23.6 Å². The van der Waals surface area contributed by atoms with Crippen LogP contribution < -0.4 is 9.47 Å². The highest BCUT2D eigenvalue weighted by Gasteiger charge is 2.42. The number of likely N-dealkylation sites (tertiary alicyclic amines) is 1. The van der Waals surface area contributed by atoms with Crippen LogP contribution in [0.3, 0.4) is 0 Å². The maximum atomic E-state index is 15.0. The topological polar surface area (TPSA) is 122 Å². The maximum absolute atomic E-state index is 15.0. The number of hydrogen-bond donors (Lipinski definition) is 1. The number of halogens is 1. The summed E-state index contributed by atoms with van der Waals surface area (Å²) < 4.78 is 24.8. The quantitative estimate of drug-likeness (QED) is 0.327. The van der Waals surface area contributed by atoms with Crippen molar-refractivity contribution >= 4 is 34.7 Å². The van der Waals surface area contributed by atoms with Gasteiger partial charge in [-0.05, 0) is 38.1 Å². The first-order valence-electron chi connectivity index (χ1n) is 11.9. The normalized spacial score (nSPS) is 19.3. The summed E-state index contributed by atoms with van der Waals surface area (Å²) in [6.07, 6.45) is 3.32. The molecule has 188 valence electrons. The molecule has 2 amide bonds. The van der Waals surface area contributed by atoms with Gasteiger partial charge in [-0.2, -0.15) is 9.49 Å². The van der Waals surface area contributed by atoms with Gasteiger partial charge in [0.15, 0.2) is 11.5 Å². The lowest BCUT2D eigenvalue weighted by atomic mass is 9.91. The van der Waals surface area contributed by atoms with Crippen molar-refractivity contribution in [2.45, 2.75) is 18.8 Å². The van der Waals surface area contributed by atoms with E-state index in [1.807, 2.05) is 18.2 Å². The van der Waals surface area contributed by atoms with E-state index in [0.717, 1.165) is 65.6 Å². The number of benzene rings is 2. The number of fused-ring (bicyclic) bond motifs is 5. The Bertz CT molecular complexity index is 1500. The second kappa shape index (κ2) is 8.93. The van der Waals surface area contributed by atoms with Crippen LogP contribution in [0.25, 0.3) is 10.9 Å². The van der Waals surface area contributed by atoms with E-state index >= 15 is 0 Å². The van der Waals surface area contributed by atoms with Crippen LogP contribution in [0.15, 0.2) is 42.5 Å². The van der Waals surface area contributed by atoms with Gasteiger partial charge in [0, 0.05) is 42.2 Å². The van der Waals surface area contributed by atoms with Crippen molar-refractivity contribution in [2.24, 2.45) is 0 Å². The Morgan fingerprint density at radius 1 is 0.973 bits per heavy atom. The molecule has 10 nitrogen and oxygen atoms in total. The van der Waals surface area contributed by atoms with Crippen LogP contribution in [0.5, 0.6) is 11.5 Å². The first-order chi connectivity index (χ1) is 17.9. The summed E-state index contributed by atoms with van der Waals surface area (Å²) in [5.41, 5.74) is 1.53. The van der Waals surface area contributed by atoms with Gasteiger partial charge in [0.05, 0.1) is 16.6 Å². The van der Waals surface area contributed by atoms with Gasteiger partial charge in [0.1, 0.15) is 0 Å². The smallest absolute Gasteiger partial charge is 0.336 e. The fourth-order valence-corrected chi connectivity index (χ4v) is 5.13. The number of ether oxygens (including phenoxy) is 2. The first kappa shape index (κ1) is 23.0. The lowest BCUT2D eigenvalue weighted by Gasteiger charge is -2.32. The Balaban J connectivity index is 1.15. The van der Waals surface area contributed by atoms with Gasteiger partial charge >= 0.3 is 11.9 Å². The summed E-state index contributed by atoms with van der Waals surface area (Å²) in [5, 5.41) is 8.68. The minimum atomic E-state index is -1.19. The lowest BCUT2D eigenvalue weighted by molar-refractivity contribution is -0.131. The minimum absolute atomic E-state index is 0.0774. The van der Waals surface area contributed by atoms with Gasteiger partial charge in [-0.3, -0.25) is 19.6 Å². The summed E-state index contributed by atoms with van der Waals surface area (Å²) in [4.78, 5) is 53.1. The number of aromatic amines is 1. The molecule has 0 saturated carbocycles. The molecule has 1 fully saturated rings. The number of hydrogen-bond acceptors (Lipinski definition) is 8. The van der Waals surface area contributed by atoms with Crippen LogP contribution in [0.2, 0.25) is 0 Å². The van der Waals surface area contributed by atoms with Crippen LogP contribution in [0, 0.1) is 5.82 Å². The van der Waals surface area contributed by atoms with Crippen LogP contribution in [0.4, 0.5) is 4.39 Å². The van der Waals surface area contributed by atoms with Gasteiger partial charge < -0.3 is 14.4 Å². The summed E-state index contributed by atoms with van der Waals surface area (Å²) in [6, 6.07) is 8.98. The van der Waals surface area contributed by atoms with Crippen molar-refractivity contribution in [3.8, 4) is 11.5 Å². The number of imide groups is 1. The van der Waals surface area contributed by atoms with E-state index in [0.29, 0.717) is 12.5 Å². The second-order valence-electron chi connectivity index (χ2n) is 9.15. The highest BCUT2D eigenvalue weighted by molar-refractivity contribution is 6.23. The van der Waals surface area contributed by atoms with Crippen LogP contribution >= 0.6 is 0 Å². The Labute approximate surface area is 209 Å². The summed E-state index contributed by atoms with van der Waals surface area (Å²) in [6.45, 7) is 2.05. The summed E-state index contributed by atoms with van der Waals surface area (Å²) in [7, 11) is 0. The third kappa shape index (κ3) is 3.97. The molecule has 0 aliphatic carbocycles. The molecule has 0 spiro atoms. The number of para-hydroxylation sites is 1. The molecule has 11 heteroatoms. The average molecular weight is 504 g/mol. The number of rotatable bonds is 4. The van der Waals surface area contributed by atoms with Crippen molar-refractivity contribution in [1.29, 1.82) is 0 Å². The largest absolute Gasteiger partial charge is 0.420 e. The molecule has 4 heterocycles. The standard InChI is InChI=1S/C26H21FN4O6/c27-22-18-13-16-21(24(22)37-20(33)6-5-19(32)36-18)26(35)31(25(16)34)12-11-30-9-7-14(8-10-30)23-15-3-1-2-4-17(15)28-29-23/h1-6,13-14H,7-12H2,(H,28,29)/b6-5-. The number of nitrogens with zero attached hydrogens (tertiary/aromatic N) is 3. The van der Waals surface area contributed by atoms with Crippen LogP contribution in [-0.2, 0) is 9.59 Å². The molecule has 2 bridgehead atoms. The predicted octanol–water partition coefficient (Wildman–Crippen LogP) is 2.56. The molecular formula is C26H21FN4O6. The highest BCUT2D eigenvalue weighted by atomic mass is 19.1. The monoisotopic (exact) mass is 504 g/mol.